The van der Waals surface area contributed by atoms with Crippen LogP contribution in [0.1, 0.15) is 48.7 Å². The quantitative estimate of drug-likeness (QED) is 0.608. The zero-order valence-electron chi connectivity index (χ0n) is 19.6. The summed E-state index contributed by atoms with van der Waals surface area (Å²) < 4.78 is 5.09. The number of halogens is 1. The van der Waals surface area contributed by atoms with Gasteiger partial charge in [0.2, 0.25) is 5.91 Å². The van der Waals surface area contributed by atoms with E-state index in [0.717, 1.165) is 16.1 Å². The summed E-state index contributed by atoms with van der Waals surface area (Å²) in [4.78, 5) is 49.4. The smallest absolute Gasteiger partial charge is 0.311 e. The van der Waals surface area contributed by atoms with Crippen LogP contribution in [-0.4, -0.2) is 41.9 Å². The molecule has 2 aromatic rings. The van der Waals surface area contributed by atoms with Gasteiger partial charge in [0.25, 0.3) is 11.8 Å². The van der Waals surface area contributed by atoms with Gasteiger partial charge < -0.3 is 10.1 Å². The number of hydrogen-bond donors (Lipinski definition) is 2. The summed E-state index contributed by atoms with van der Waals surface area (Å²) in [6.07, 6.45) is -0.114. The van der Waals surface area contributed by atoms with Crippen molar-refractivity contribution in [2.75, 3.05) is 18.5 Å². The number of hydrazine groups is 1. The minimum absolute atomic E-state index is 0.0293. The summed E-state index contributed by atoms with van der Waals surface area (Å²) >= 11 is 5.94. The Bertz CT molecular complexity index is 1110. The third-order valence-electron chi connectivity index (χ3n) is 5.53. The molecule has 9 heteroatoms. The van der Waals surface area contributed by atoms with Gasteiger partial charge in [-0.3, -0.25) is 29.6 Å². The summed E-state index contributed by atoms with van der Waals surface area (Å²) in [5.74, 6) is -2.83. The van der Waals surface area contributed by atoms with Crippen molar-refractivity contribution < 1.29 is 23.9 Å². The molecular formula is C25H28ClN3O5. The molecule has 34 heavy (non-hydrogen) atoms. The van der Waals surface area contributed by atoms with E-state index in [2.05, 4.69) is 31.5 Å². The first-order valence-electron chi connectivity index (χ1n) is 10.9. The second kappa shape index (κ2) is 10.3. The van der Waals surface area contributed by atoms with Crippen LogP contribution in [0.25, 0.3) is 0 Å². The maximum absolute atomic E-state index is 12.5. The fraction of sp³-hybridized carbons (Fsp3) is 0.360. The summed E-state index contributed by atoms with van der Waals surface area (Å²) in [6.45, 7) is 7.51. The molecule has 1 atom stereocenters. The van der Waals surface area contributed by atoms with Crippen LogP contribution in [0.5, 0.6) is 0 Å². The summed E-state index contributed by atoms with van der Waals surface area (Å²) in [5, 5.41) is 4.22. The molecule has 8 nitrogen and oxygen atoms in total. The van der Waals surface area contributed by atoms with Crippen molar-refractivity contribution in [2.24, 2.45) is 5.92 Å². The van der Waals surface area contributed by atoms with Gasteiger partial charge in [-0.2, -0.15) is 0 Å². The van der Waals surface area contributed by atoms with Gasteiger partial charge in [-0.25, -0.2) is 0 Å². The molecule has 0 saturated carbocycles. The minimum Gasteiger partial charge on any atom is -0.455 e. The molecule has 0 aliphatic carbocycles. The Hall–Kier alpha value is -3.39. The number of nitrogens with one attached hydrogen (secondary N) is 2. The number of anilines is 1. The van der Waals surface area contributed by atoms with Crippen LogP contribution in [-0.2, 0) is 24.5 Å². The standard InChI is InChI=1S/C25H28ClN3O5/c1-15-5-10-19(26)12-20(15)27-21(30)14-34-24(33)17-11-22(31)29(13-17)28-23(32)16-6-8-18(9-7-16)25(2,3)4/h5-10,12,17H,11,13-14H2,1-4H3,(H,27,30)(H,28,32)/t17-/m0/s1. The van der Waals surface area contributed by atoms with Crippen LogP contribution < -0.4 is 10.7 Å². The average molecular weight is 486 g/mol. The van der Waals surface area contributed by atoms with E-state index in [-0.39, 0.29) is 18.4 Å². The molecule has 0 radical (unpaired) electrons. The predicted molar refractivity (Wildman–Crippen MR) is 128 cm³/mol. The number of amides is 3. The summed E-state index contributed by atoms with van der Waals surface area (Å²) in [6, 6.07) is 12.2. The van der Waals surface area contributed by atoms with E-state index in [9.17, 15) is 19.2 Å². The highest BCUT2D eigenvalue weighted by atomic mass is 35.5. The van der Waals surface area contributed by atoms with Crippen molar-refractivity contribution in [1.29, 1.82) is 0 Å². The van der Waals surface area contributed by atoms with Crippen molar-refractivity contribution in [3.8, 4) is 0 Å². The van der Waals surface area contributed by atoms with Crippen molar-refractivity contribution in [1.82, 2.24) is 10.4 Å². The lowest BCUT2D eigenvalue weighted by atomic mass is 9.87. The largest absolute Gasteiger partial charge is 0.455 e. The SMILES string of the molecule is Cc1ccc(Cl)cc1NC(=O)COC(=O)[C@H]1CC(=O)N(NC(=O)c2ccc(C(C)(C)C)cc2)C1. The molecule has 1 saturated heterocycles. The Morgan fingerprint density at radius 1 is 1.12 bits per heavy atom. The molecular weight excluding hydrogens is 458 g/mol. The number of benzene rings is 2. The molecule has 3 amide bonds. The molecule has 2 aromatic carbocycles. The second-order valence-corrected chi connectivity index (χ2v) is 9.73. The maximum Gasteiger partial charge on any atom is 0.311 e. The molecule has 1 fully saturated rings. The maximum atomic E-state index is 12.5. The topological polar surface area (TPSA) is 105 Å². The van der Waals surface area contributed by atoms with Crippen molar-refractivity contribution in [2.45, 2.75) is 39.5 Å². The average Bonchev–Trinajstić information content (AvgIpc) is 3.14. The Kier molecular flexibility index (Phi) is 7.61. The van der Waals surface area contributed by atoms with Gasteiger partial charge in [-0.05, 0) is 47.7 Å². The van der Waals surface area contributed by atoms with Crippen LogP contribution in [0, 0.1) is 12.8 Å². The van der Waals surface area contributed by atoms with Gasteiger partial charge >= 0.3 is 5.97 Å². The Morgan fingerprint density at radius 2 is 1.79 bits per heavy atom. The minimum atomic E-state index is -0.781. The lowest BCUT2D eigenvalue weighted by Gasteiger charge is -2.20. The van der Waals surface area contributed by atoms with E-state index in [1.165, 1.54) is 0 Å². The van der Waals surface area contributed by atoms with Crippen molar-refractivity contribution in [3.05, 3.63) is 64.2 Å². The van der Waals surface area contributed by atoms with Crippen LogP contribution in [0.4, 0.5) is 5.69 Å². The van der Waals surface area contributed by atoms with Crippen LogP contribution in [0.2, 0.25) is 5.02 Å². The van der Waals surface area contributed by atoms with Gasteiger partial charge in [-0.1, -0.05) is 50.6 Å². The molecule has 2 N–H and O–H groups in total. The molecule has 0 unspecified atom stereocenters. The highest BCUT2D eigenvalue weighted by Crippen LogP contribution is 2.23. The van der Waals surface area contributed by atoms with Crippen LogP contribution in [0.15, 0.2) is 42.5 Å². The summed E-state index contributed by atoms with van der Waals surface area (Å²) in [5.41, 5.74) is 5.32. The number of esters is 1. The van der Waals surface area contributed by atoms with Gasteiger partial charge in [0.05, 0.1) is 12.5 Å². The lowest BCUT2D eigenvalue weighted by molar-refractivity contribution is -0.151. The number of ether oxygens (including phenoxy) is 1. The first-order chi connectivity index (χ1) is 15.9. The number of carbonyl (C=O) groups is 4. The van der Waals surface area contributed by atoms with Gasteiger partial charge in [0.15, 0.2) is 6.61 Å². The molecule has 1 heterocycles. The van der Waals surface area contributed by atoms with E-state index in [1.54, 1.807) is 30.3 Å². The highest BCUT2D eigenvalue weighted by molar-refractivity contribution is 6.31. The fourth-order valence-corrected chi connectivity index (χ4v) is 3.62. The van der Waals surface area contributed by atoms with Crippen molar-refractivity contribution >= 4 is 41.0 Å². The van der Waals surface area contributed by atoms with E-state index >= 15 is 0 Å². The van der Waals surface area contributed by atoms with E-state index in [4.69, 9.17) is 16.3 Å². The normalized spacial score (nSPS) is 15.7. The molecule has 1 aliphatic rings. The first kappa shape index (κ1) is 25.2. The van der Waals surface area contributed by atoms with E-state index in [0.29, 0.717) is 16.3 Å². The third kappa shape index (κ3) is 6.35. The van der Waals surface area contributed by atoms with E-state index in [1.807, 2.05) is 19.1 Å². The lowest BCUT2D eigenvalue weighted by Crippen LogP contribution is -2.43. The summed E-state index contributed by atoms with van der Waals surface area (Å²) in [7, 11) is 0. The first-order valence-corrected chi connectivity index (χ1v) is 11.3. The number of hydrogen-bond acceptors (Lipinski definition) is 5. The van der Waals surface area contributed by atoms with Gasteiger partial charge in [-0.15, -0.1) is 0 Å². The number of aryl methyl sites for hydroxylation is 1. The van der Waals surface area contributed by atoms with Gasteiger partial charge in [0, 0.05) is 22.7 Å². The molecule has 0 bridgehead atoms. The molecule has 180 valence electrons. The Balaban J connectivity index is 1.50. The van der Waals surface area contributed by atoms with Crippen LogP contribution >= 0.6 is 11.6 Å². The van der Waals surface area contributed by atoms with Gasteiger partial charge in [0.1, 0.15) is 0 Å². The zero-order valence-corrected chi connectivity index (χ0v) is 20.4. The molecule has 1 aliphatic heterocycles. The Morgan fingerprint density at radius 3 is 2.44 bits per heavy atom. The van der Waals surface area contributed by atoms with Crippen LogP contribution in [0.3, 0.4) is 0 Å². The number of rotatable bonds is 6. The number of nitrogens with zero attached hydrogens (tertiary/aromatic N) is 1. The molecule has 3 rings (SSSR count). The monoisotopic (exact) mass is 485 g/mol. The number of carbonyl (C=O) groups excluding carboxylic acids is 4. The van der Waals surface area contributed by atoms with E-state index < -0.39 is 36.2 Å². The predicted octanol–water partition coefficient (Wildman–Crippen LogP) is 3.62. The molecule has 0 spiro atoms. The Labute approximate surface area is 203 Å². The molecule has 0 aromatic heterocycles. The second-order valence-electron chi connectivity index (χ2n) is 9.29. The van der Waals surface area contributed by atoms with Crippen molar-refractivity contribution in [3.63, 3.8) is 0 Å². The zero-order chi connectivity index (χ0) is 25.0. The highest BCUT2D eigenvalue weighted by Gasteiger charge is 2.36. The fourth-order valence-electron chi connectivity index (χ4n) is 3.45. The third-order valence-corrected chi connectivity index (χ3v) is 5.76.